The van der Waals surface area contributed by atoms with Crippen LogP contribution < -0.4 is 0 Å². The SMILES string of the molecule is C[C@@H]1Cc2cc(O)ccc2[C@H]2CC[C@]3(C)[C@@H](O)[C@H](Cl)C[C@H]3[C@H]12. The Kier molecular flexibility index (Phi) is 3.29. The van der Waals surface area contributed by atoms with Crippen molar-refractivity contribution in [1.29, 1.82) is 0 Å². The minimum Gasteiger partial charge on any atom is -0.508 e. The quantitative estimate of drug-likeness (QED) is 0.707. The van der Waals surface area contributed by atoms with E-state index in [1.54, 1.807) is 0 Å². The topological polar surface area (TPSA) is 40.5 Å². The van der Waals surface area contributed by atoms with Crippen LogP contribution in [0.4, 0.5) is 0 Å². The number of phenolic OH excluding ortho intramolecular Hbond substituents is 1. The van der Waals surface area contributed by atoms with E-state index in [1.807, 2.05) is 12.1 Å². The summed E-state index contributed by atoms with van der Waals surface area (Å²) < 4.78 is 0. The van der Waals surface area contributed by atoms with E-state index in [2.05, 4.69) is 19.9 Å². The molecule has 7 atom stereocenters. The lowest BCUT2D eigenvalue weighted by Gasteiger charge is -2.52. The van der Waals surface area contributed by atoms with Crippen molar-refractivity contribution in [2.75, 3.05) is 0 Å². The average Bonchev–Trinajstić information content (AvgIpc) is 2.70. The summed E-state index contributed by atoms with van der Waals surface area (Å²) in [4.78, 5) is 0. The summed E-state index contributed by atoms with van der Waals surface area (Å²) in [6.07, 6.45) is 3.78. The summed E-state index contributed by atoms with van der Waals surface area (Å²) in [6.45, 7) is 4.59. The maximum absolute atomic E-state index is 10.6. The number of benzene rings is 1. The minimum atomic E-state index is -0.367. The molecule has 3 aliphatic rings. The van der Waals surface area contributed by atoms with Gasteiger partial charge in [-0.2, -0.15) is 0 Å². The van der Waals surface area contributed by atoms with Crippen LogP contribution in [0, 0.1) is 23.2 Å². The molecule has 0 radical (unpaired) electrons. The third-order valence-electron chi connectivity index (χ3n) is 6.99. The molecule has 0 spiro atoms. The Bertz CT molecular complexity index is 601. The average molecular weight is 321 g/mol. The van der Waals surface area contributed by atoms with Crippen molar-refractivity contribution < 1.29 is 10.2 Å². The number of phenols is 1. The number of aliphatic hydroxyl groups is 1. The summed E-state index contributed by atoms with van der Waals surface area (Å²) >= 11 is 6.44. The molecule has 2 fully saturated rings. The first kappa shape index (κ1) is 14.8. The highest BCUT2D eigenvalue weighted by molar-refractivity contribution is 6.21. The molecule has 0 amide bonds. The van der Waals surface area contributed by atoms with Crippen molar-refractivity contribution in [2.45, 2.75) is 56.9 Å². The lowest BCUT2D eigenvalue weighted by molar-refractivity contribution is -0.0351. The molecular weight excluding hydrogens is 296 g/mol. The number of rotatable bonds is 0. The number of halogens is 1. The van der Waals surface area contributed by atoms with Gasteiger partial charge in [0, 0.05) is 0 Å². The minimum absolute atomic E-state index is 0.0176. The lowest BCUT2D eigenvalue weighted by atomic mass is 9.53. The number of hydrogen-bond donors (Lipinski definition) is 2. The zero-order valence-corrected chi connectivity index (χ0v) is 14.1. The van der Waals surface area contributed by atoms with Crippen LogP contribution in [-0.2, 0) is 6.42 Å². The Morgan fingerprint density at radius 2 is 2.09 bits per heavy atom. The molecule has 120 valence electrons. The second-order valence-electron chi connectivity index (χ2n) is 8.10. The Labute approximate surface area is 137 Å². The van der Waals surface area contributed by atoms with Crippen molar-refractivity contribution in [3.05, 3.63) is 29.3 Å². The monoisotopic (exact) mass is 320 g/mol. The van der Waals surface area contributed by atoms with Crippen molar-refractivity contribution >= 4 is 11.6 Å². The maximum atomic E-state index is 10.6. The van der Waals surface area contributed by atoms with E-state index in [1.165, 1.54) is 11.1 Å². The number of hydrogen-bond acceptors (Lipinski definition) is 2. The third kappa shape index (κ3) is 1.89. The first-order valence-electron chi connectivity index (χ1n) is 8.55. The van der Waals surface area contributed by atoms with Gasteiger partial charge in [0.2, 0.25) is 0 Å². The fourth-order valence-electron chi connectivity index (χ4n) is 5.91. The maximum Gasteiger partial charge on any atom is 0.115 e. The smallest absolute Gasteiger partial charge is 0.115 e. The highest BCUT2D eigenvalue weighted by Crippen LogP contribution is 2.62. The fraction of sp³-hybridized carbons (Fsp3) is 0.684. The predicted octanol–water partition coefficient (Wildman–Crippen LogP) is 4.07. The summed E-state index contributed by atoms with van der Waals surface area (Å²) in [7, 11) is 0. The molecule has 2 saturated carbocycles. The molecule has 0 saturated heterocycles. The Balaban J connectivity index is 1.76. The molecule has 3 aliphatic carbocycles. The van der Waals surface area contributed by atoms with Gasteiger partial charge in [-0.05, 0) is 78.0 Å². The summed E-state index contributed by atoms with van der Waals surface area (Å²) in [5.41, 5.74) is 2.73. The molecule has 1 aromatic rings. The Morgan fingerprint density at radius 1 is 1.32 bits per heavy atom. The van der Waals surface area contributed by atoms with Gasteiger partial charge >= 0.3 is 0 Å². The fourth-order valence-corrected chi connectivity index (χ4v) is 6.39. The normalized spacial score (nSPS) is 46.7. The second-order valence-corrected chi connectivity index (χ2v) is 8.66. The van der Waals surface area contributed by atoms with E-state index in [-0.39, 0.29) is 16.9 Å². The Morgan fingerprint density at radius 3 is 2.86 bits per heavy atom. The molecule has 4 rings (SSSR count). The lowest BCUT2D eigenvalue weighted by Crippen LogP contribution is -2.47. The van der Waals surface area contributed by atoms with Gasteiger partial charge in [-0.25, -0.2) is 0 Å². The predicted molar refractivity (Wildman–Crippen MR) is 88.3 cm³/mol. The van der Waals surface area contributed by atoms with E-state index in [0.717, 1.165) is 25.7 Å². The zero-order chi connectivity index (χ0) is 15.6. The van der Waals surface area contributed by atoms with E-state index in [9.17, 15) is 10.2 Å². The van der Waals surface area contributed by atoms with Gasteiger partial charge < -0.3 is 10.2 Å². The highest BCUT2D eigenvalue weighted by Gasteiger charge is 2.58. The van der Waals surface area contributed by atoms with Crippen molar-refractivity contribution in [1.82, 2.24) is 0 Å². The largest absolute Gasteiger partial charge is 0.508 e. The van der Waals surface area contributed by atoms with Crippen molar-refractivity contribution in [3.8, 4) is 5.75 Å². The summed E-state index contributed by atoms with van der Waals surface area (Å²) in [5, 5.41) is 20.3. The molecule has 0 aromatic heterocycles. The number of aromatic hydroxyl groups is 1. The van der Waals surface area contributed by atoms with E-state index >= 15 is 0 Å². The van der Waals surface area contributed by atoms with Gasteiger partial charge in [0.1, 0.15) is 5.75 Å². The van der Waals surface area contributed by atoms with Crippen LogP contribution in [0.15, 0.2) is 18.2 Å². The van der Waals surface area contributed by atoms with Gasteiger partial charge in [-0.3, -0.25) is 0 Å². The number of fused-ring (bicyclic) bond motifs is 5. The van der Waals surface area contributed by atoms with E-state index in [0.29, 0.717) is 29.4 Å². The molecule has 2 N–H and O–H groups in total. The standard InChI is InChI=1S/C19H25ClO2/c1-10-7-11-8-12(21)3-4-13(11)14-5-6-19(2)15(17(10)14)9-16(20)18(19)22/h3-4,8,10,14-18,21-22H,5-7,9H2,1-2H3/t10-,14-,15+,16-,17-,18+,19+/m1/s1. The van der Waals surface area contributed by atoms with Crippen molar-refractivity contribution in [2.24, 2.45) is 23.2 Å². The van der Waals surface area contributed by atoms with Crippen LogP contribution >= 0.6 is 11.6 Å². The number of aliphatic hydroxyl groups excluding tert-OH is 1. The molecule has 22 heavy (non-hydrogen) atoms. The molecule has 2 nitrogen and oxygen atoms in total. The van der Waals surface area contributed by atoms with E-state index < -0.39 is 0 Å². The van der Waals surface area contributed by atoms with Crippen LogP contribution in [-0.4, -0.2) is 21.7 Å². The highest BCUT2D eigenvalue weighted by atomic mass is 35.5. The van der Waals surface area contributed by atoms with Crippen LogP contribution in [0.5, 0.6) is 5.75 Å². The zero-order valence-electron chi connectivity index (χ0n) is 13.3. The van der Waals surface area contributed by atoms with Gasteiger partial charge in [0.15, 0.2) is 0 Å². The van der Waals surface area contributed by atoms with Gasteiger partial charge in [-0.15, -0.1) is 11.6 Å². The van der Waals surface area contributed by atoms with Crippen LogP contribution in [0.1, 0.15) is 50.2 Å². The van der Waals surface area contributed by atoms with Crippen molar-refractivity contribution in [3.63, 3.8) is 0 Å². The molecule has 0 unspecified atom stereocenters. The number of alkyl halides is 1. The van der Waals surface area contributed by atoms with Gasteiger partial charge in [-0.1, -0.05) is 19.9 Å². The first-order chi connectivity index (χ1) is 10.4. The second kappa shape index (κ2) is 4.88. The summed E-state index contributed by atoms with van der Waals surface area (Å²) in [5.74, 6) is 2.64. The molecule has 0 aliphatic heterocycles. The molecule has 0 heterocycles. The third-order valence-corrected chi connectivity index (χ3v) is 7.41. The first-order valence-corrected chi connectivity index (χ1v) is 8.99. The Hall–Kier alpha value is -0.730. The summed E-state index contributed by atoms with van der Waals surface area (Å²) in [6, 6.07) is 5.90. The van der Waals surface area contributed by atoms with Crippen LogP contribution in [0.2, 0.25) is 0 Å². The van der Waals surface area contributed by atoms with Gasteiger partial charge in [0.25, 0.3) is 0 Å². The molecule has 1 aromatic carbocycles. The molecule has 0 bridgehead atoms. The van der Waals surface area contributed by atoms with Gasteiger partial charge in [0.05, 0.1) is 11.5 Å². The van der Waals surface area contributed by atoms with Crippen LogP contribution in [0.3, 0.4) is 0 Å². The van der Waals surface area contributed by atoms with E-state index in [4.69, 9.17) is 11.6 Å². The molecular formula is C19H25ClO2. The van der Waals surface area contributed by atoms with Crippen LogP contribution in [0.25, 0.3) is 0 Å². The molecule has 3 heteroatoms.